The molecule has 1 aliphatic rings. The van der Waals surface area contributed by atoms with Gasteiger partial charge in [0, 0.05) is 25.9 Å². The van der Waals surface area contributed by atoms with Crippen LogP contribution in [0.1, 0.15) is 29.5 Å². The van der Waals surface area contributed by atoms with Gasteiger partial charge in [-0.25, -0.2) is 8.42 Å². The van der Waals surface area contributed by atoms with Crippen molar-refractivity contribution in [3.8, 4) is 0 Å². The highest BCUT2D eigenvalue weighted by atomic mass is 32.2. The predicted molar refractivity (Wildman–Crippen MR) is 99.4 cm³/mol. The second-order valence-electron chi connectivity index (χ2n) is 6.87. The highest BCUT2D eigenvalue weighted by molar-refractivity contribution is 7.89. The highest BCUT2D eigenvalue weighted by Crippen LogP contribution is 2.31. The molecule has 140 valence electrons. The molecule has 0 radical (unpaired) electrons. The van der Waals surface area contributed by atoms with Crippen molar-refractivity contribution >= 4 is 21.7 Å². The minimum absolute atomic E-state index is 0.306. The van der Waals surface area contributed by atoms with Gasteiger partial charge in [0.1, 0.15) is 6.04 Å². The minimum Gasteiger partial charge on any atom is -0.308 e. The van der Waals surface area contributed by atoms with Gasteiger partial charge in [0.2, 0.25) is 15.9 Å². The normalized spacial score (nSPS) is 18.2. The number of aryl methyl sites for hydroxylation is 4. The molecule has 1 amide bonds. The van der Waals surface area contributed by atoms with E-state index in [0.717, 1.165) is 5.56 Å². The van der Waals surface area contributed by atoms with Crippen molar-refractivity contribution in [2.45, 2.75) is 44.6 Å². The van der Waals surface area contributed by atoms with Crippen LogP contribution < -0.4 is 5.32 Å². The van der Waals surface area contributed by atoms with Crippen LogP contribution in [0.25, 0.3) is 0 Å². The third-order valence-corrected chi connectivity index (χ3v) is 6.86. The zero-order valence-electron chi connectivity index (χ0n) is 15.5. The Kier molecular flexibility index (Phi) is 4.90. The Morgan fingerprint density at radius 3 is 2.46 bits per heavy atom. The maximum Gasteiger partial charge on any atom is 0.244 e. The first kappa shape index (κ1) is 18.6. The van der Waals surface area contributed by atoms with E-state index in [-0.39, 0.29) is 5.91 Å². The van der Waals surface area contributed by atoms with Gasteiger partial charge in [-0.3, -0.25) is 9.48 Å². The fourth-order valence-electron chi connectivity index (χ4n) is 3.67. The SMILES string of the molecule is Cc1cc(C)c(S(=O)(=O)N2CCC[C@@H]2C(=O)Nc2ccn(C)n2)c(C)c1. The minimum atomic E-state index is -3.75. The molecule has 0 bridgehead atoms. The molecule has 26 heavy (non-hydrogen) atoms. The summed E-state index contributed by atoms with van der Waals surface area (Å²) in [6.45, 7) is 5.88. The number of amides is 1. The standard InChI is InChI=1S/C18H24N4O3S/c1-12-10-13(2)17(14(3)11-12)26(24,25)22-8-5-6-15(22)18(23)19-16-7-9-21(4)20-16/h7,9-11,15H,5-6,8H2,1-4H3,(H,19,20,23)/t15-/m1/s1. The molecular weight excluding hydrogens is 352 g/mol. The number of hydrogen-bond donors (Lipinski definition) is 1. The third-order valence-electron chi connectivity index (χ3n) is 4.64. The Labute approximate surface area is 154 Å². The van der Waals surface area contributed by atoms with Gasteiger partial charge in [-0.2, -0.15) is 9.40 Å². The van der Waals surface area contributed by atoms with Gasteiger partial charge >= 0.3 is 0 Å². The summed E-state index contributed by atoms with van der Waals surface area (Å²) in [6, 6.07) is 4.68. The molecule has 1 fully saturated rings. The lowest BCUT2D eigenvalue weighted by Gasteiger charge is -2.25. The van der Waals surface area contributed by atoms with Crippen LogP contribution in [0.4, 0.5) is 5.82 Å². The molecule has 7 nitrogen and oxygen atoms in total. The van der Waals surface area contributed by atoms with Gasteiger partial charge in [0.25, 0.3) is 0 Å². The lowest BCUT2D eigenvalue weighted by atomic mass is 10.1. The summed E-state index contributed by atoms with van der Waals surface area (Å²) in [5, 5.41) is 6.84. The van der Waals surface area contributed by atoms with Gasteiger partial charge < -0.3 is 5.32 Å². The molecule has 8 heteroatoms. The molecule has 0 spiro atoms. The molecule has 1 saturated heterocycles. The first-order valence-electron chi connectivity index (χ1n) is 8.60. The molecule has 1 aromatic heterocycles. The van der Waals surface area contributed by atoms with Crippen LogP contribution in [0.3, 0.4) is 0 Å². The Bertz CT molecular complexity index is 926. The van der Waals surface area contributed by atoms with Crippen molar-refractivity contribution in [2.24, 2.45) is 7.05 Å². The quantitative estimate of drug-likeness (QED) is 0.886. The van der Waals surface area contributed by atoms with E-state index < -0.39 is 16.1 Å². The van der Waals surface area contributed by atoms with Crippen LogP contribution in [-0.4, -0.2) is 41.0 Å². The fraction of sp³-hybridized carbons (Fsp3) is 0.444. The number of carbonyl (C=O) groups is 1. The Morgan fingerprint density at radius 2 is 1.88 bits per heavy atom. The zero-order valence-corrected chi connectivity index (χ0v) is 16.3. The van der Waals surface area contributed by atoms with Crippen LogP contribution in [0.2, 0.25) is 0 Å². The van der Waals surface area contributed by atoms with E-state index in [4.69, 9.17) is 0 Å². The second kappa shape index (κ2) is 6.85. The van der Waals surface area contributed by atoms with Crippen LogP contribution >= 0.6 is 0 Å². The van der Waals surface area contributed by atoms with Crippen molar-refractivity contribution in [2.75, 3.05) is 11.9 Å². The van der Waals surface area contributed by atoms with E-state index in [0.29, 0.717) is 41.2 Å². The maximum absolute atomic E-state index is 13.3. The molecule has 2 heterocycles. The summed E-state index contributed by atoms with van der Waals surface area (Å²) in [6.07, 6.45) is 2.88. The third kappa shape index (κ3) is 3.39. The highest BCUT2D eigenvalue weighted by Gasteiger charge is 2.40. The predicted octanol–water partition coefficient (Wildman–Crippen LogP) is 2.14. The van der Waals surface area contributed by atoms with Crippen molar-refractivity contribution < 1.29 is 13.2 Å². The lowest BCUT2D eigenvalue weighted by molar-refractivity contribution is -0.119. The molecule has 1 aromatic carbocycles. The topological polar surface area (TPSA) is 84.3 Å². The van der Waals surface area contributed by atoms with Crippen LogP contribution in [-0.2, 0) is 21.9 Å². The summed E-state index contributed by atoms with van der Waals surface area (Å²) >= 11 is 0. The van der Waals surface area contributed by atoms with Gasteiger partial charge in [-0.1, -0.05) is 17.7 Å². The summed E-state index contributed by atoms with van der Waals surface area (Å²) in [4.78, 5) is 13.0. The average molecular weight is 376 g/mol. The molecule has 1 N–H and O–H groups in total. The molecule has 1 atom stereocenters. The number of aromatic nitrogens is 2. The van der Waals surface area contributed by atoms with E-state index in [9.17, 15) is 13.2 Å². The van der Waals surface area contributed by atoms with E-state index in [1.807, 2.05) is 19.1 Å². The number of benzene rings is 1. The monoisotopic (exact) mass is 376 g/mol. The fourth-order valence-corrected chi connectivity index (χ4v) is 5.74. The summed E-state index contributed by atoms with van der Waals surface area (Å²) in [7, 11) is -2.00. The number of hydrogen-bond acceptors (Lipinski definition) is 4. The molecule has 0 saturated carbocycles. The van der Waals surface area contributed by atoms with E-state index in [1.54, 1.807) is 37.8 Å². The van der Waals surface area contributed by atoms with Gasteiger partial charge in [-0.05, 0) is 44.7 Å². The van der Waals surface area contributed by atoms with Crippen molar-refractivity contribution in [3.05, 3.63) is 41.1 Å². The first-order chi connectivity index (χ1) is 12.2. The molecule has 0 unspecified atom stereocenters. The number of sulfonamides is 1. The van der Waals surface area contributed by atoms with E-state index in [2.05, 4.69) is 10.4 Å². The number of carbonyl (C=O) groups excluding carboxylic acids is 1. The Balaban J connectivity index is 1.90. The van der Waals surface area contributed by atoms with Crippen molar-refractivity contribution in [3.63, 3.8) is 0 Å². The summed E-state index contributed by atoms with van der Waals surface area (Å²) in [5.41, 5.74) is 2.43. The molecule has 2 aromatic rings. The van der Waals surface area contributed by atoms with E-state index in [1.165, 1.54) is 4.31 Å². The Hall–Kier alpha value is -2.19. The number of rotatable bonds is 4. The summed E-state index contributed by atoms with van der Waals surface area (Å²) in [5.74, 6) is 0.0802. The zero-order chi connectivity index (χ0) is 19.1. The Morgan fingerprint density at radius 1 is 1.23 bits per heavy atom. The lowest BCUT2D eigenvalue weighted by Crippen LogP contribution is -2.43. The number of nitrogens with one attached hydrogen (secondary N) is 1. The van der Waals surface area contributed by atoms with Crippen LogP contribution in [0.15, 0.2) is 29.3 Å². The number of anilines is 1. The van der Waals surface area contributed by atoms with Gasteiger partial charge in [0.15, 0.2) is 5.82 Å². The largest absolute Gasteiger partial charge is 0.308 e. The van der Waals surface area contributed by atoms with Crippen LogP contribution in [0.5, 0.6) is 0 Å². The number of nitrogens with zero attached hydrogens (tertiary/aromatic N) is 3. The van der Waals surface area contributed by atoms with E-state index >= 15 is 0 Å². The van der Waals surface area contributed by atoms with Gasteiger partial charge in [0.05, 0.1) is 4.90 Å². The second-order valence-corrected chi connectivity index (χ2v) is 8.69. The molecule has 3 rings (SSSR count). The van der Waals surface area contributed by atoms with Crippen LogP contribution in [0, 0.1) is 20.8 Å². The average Bonchev–Trinajstić information content (AvgIpc) is 3.15. The first-order valence-corrected chi connectivity index (χ1v) is 10.0. The molecular formula is C18H24N4O3S. The van der Waals surface area contributed by atoms with Crippen molar-refractivity contribution in [1.82, 2.24) is 14.1 Å². The van der Waals surface area contributed by atoms with Crippen molar-refractivity contribution in [1.29, 1.82) is 0 Å². The van der Waals surface area contributed by atoms with Gasteiger partial charge in [-0.15, -0.1) is 0 Å². The maximum atomic E-state index is 13.3. The molecule has 0 aliphatic carbocycles. The molecule has 1 aliphatic heterocycles. The smallest absolute Gasteiger partial charge is 0.244 e. The summed E-state index contributed by atoms with van der Waals surface area (Å²) < 4.78 is 29.5.